The molecule has 0 saturated carbocycles. The van der Waals surface area contributed by atoms with Crippen molar-refractivity contribution in [2.75, 3.05) is 6.61 Å². The van der Waals surface area contributed by atoms with Crippen LogP contribution >= 0.6 is 0 Å². The number of ether oxygens (including phenoxy) is 1. The minimum absolute atomic E-state index is 0.359. The molecule has 0 unspecified atom stereocenters. The van der Waals surface area contributed by atoms with Crippen LogP contribution in [0.2, 0.25) is 0 Å². The molecule has 4 nitrogen and oxygen atoms in total. The number of nitrogens with zero attached hydrogens (tertiary/aromatic N) is 1. The lowest BCUT2D eigenvalue weighted by Gasteiger charge is -2.11. The molecule has 0 saturated heterocycles. The predicted molar refractivity (Wildman–Crippen MR) is 77.5 cm³/mol. The molecular weight excluding hydrogens is 254 g/mol. The lowest BCUT2D eigenvalue weighted by atomic mass is 10.2. The molecule has 106 valence electrons. The van der Waals surface area contributed by atoms with E-state index in [1.54, 1.807) is 6.07 Å². The fraction of sp³-hybridized carbons (Fsp3) is 0.312. The molecule has 20 heavy (non-hydrogen) atoms. The average molecular weight is 273 g/mol. The van der Waals surface area contributed by atoms with E-state index in [1.165, 1.54) is 0 Å². The number of benzene rings is 1. The zero-order valence-electron chi connectivity index (χ0n) is 12.0. The second-order valence-corrected chi connectivity index (χ2v) is 4.91. The number of aromatic carboxylic acids is 1. The highest BCUT2D eigenvalue weighted by Crippen LogP contribution is 2.16. The molecule has 1 aromatic carbocycles. The Balaban J connectivity index is 2.03. The molecule has 4 heteroatoms. The monoisotopic (exact) mass is 273 g/mol. The molecule has 0 aliphatic carbocycles. The molecule has 0 aliphatic rings. The van der Waals surface area contributed by atoms with Crippen LogP contribution in [0.3, 0.4) is 0 Å². The van der Waals surface area contributed by atoms with Crippen LogP contribution in [0.5, 0.6) is 5.75 Å². The maximum atomic E-state index is 11.1. The average Bonchev–Trinajstić information content (AvgIpc) is 2.67. The van der Waals surface area contributed by atoms with Crippen molar-refractivity contribution in [3.05, 3.63) is 52.8 Å². The van der Waals surface area contributed by atoms with Crippen molar-refractivity contribution in [2.45, 2.75) is 27.3 Å². The molecule has 0 bridgehead atoms. The minimum atomic E-state index is -0.885. The lowest BCUT2D eigenvalue weighted by molar-refractivity contribution is 0.0696. The topological polar surface area (TPSA) is 51.5 Å². The quantitative estimate of drug-likeness (QED) is 0.910. The van der Waals surface area contributed by atoms with Crippen LogP contribution < -0.4 is 4.74 Å². The first-order chi connectivity index (χ1) is 9.49. The van der Waals surface area contributed by atoms with Crippen LogP contribution in [-0.2, 0) is 6.54 Å². The van der Waals surface area contributed by atoms with Crippen molar-refractivity contribution in [2.24, 2.45) is 0 Å². The first-order valence-corrected chi connectivity index (χ1v) is 6.58. The largest absolute Gasteiger partial charge is 0.492 e. The Bertz CT molecular complexity index is 629. The molecule has 0 atom stereocenters. The molecule has 1 N–H and O–H groups in total. The van der Waals surface area contributed by atoms with Gasteiger partial charge in [-0.05, 0) is 44.5 Å². The molecule has 0 radical (unpaired) electrons. The Morgan fingerprint density at radius 1 is 1.25 bits per heavy atom. The van der Waals surface area contributed by atoms with Gasteiger partial charge in [0.05, 0.1) is 12.1 Å². The molecule has 2 aromatic rings. The summed E-state index contributed by atoms with van der Waals surface area (Å²) in [5.41, 5.74) is 3.22. The molecular formula is C16H19NO3. The summed E-state index contributed by atoms with van der Waals surface area (Å²) in [4.78, 5) is 11.1. The molecule has 0 spiro atoms. The summed E-state index contributed by atoms with van der Waals surface area (Å²) in [7, 11) is 0. The van der Waals surface area contributed by atoms with Crippen molar-refractivity contribution in [1.82, 2.24) is 4.57 Å². The molecule has 0 fully saturated rings. The predicted octanol–water partition coefficient (Wildman–Crippen LogP) is 3.19. The van der Waals surface area contributed by atoms with E-state index in [0.29, 0.717) is 18.7 Å². The highest BCUT2D eigenvalue weighted by Gasteiger charge is 2.14. The zero-order valence-corrected chi connectivity index (χ0v) is 12.0. The second kappa shape index (κ2) is 5.82. The summed E-state index contributed by atoms with van der Waals surface area (Å²) < 4.78 is 7.67. The summed E-state index contributed by atoms with van der Waals surface area (Å²) >= 11 is 0. The van der Waals surface area contributed by atoms with Crippen molar-refractivity contribution >= 4 is 5.97 Å². The van der Waals surface area contributed by atoms with Gasteiger partial charge in [0, 0.05) is 11.4 Å². The third kappa shape index (κ3) is 3.02. The summed E-state index contributed by atoms with van der Waals surface area (Å²) in [6, 6.07) is 9.58. The number of carbonyl (C=O) groups is 1. The Labute approximate surface area is 118 Å². The van der Waals surface area contributed by atoms with E-state index in [-0.39, 0.29) is 0 Å². The first-order valence-electron chi connectivity index (χ1n) is 6.58. The Morgan fingerprint density at radius 3 is 2.60 bits per heavy atom. The summed E-state index contributed by atoms with van der Waals surface area (Å²) in [5, 5.41) is 9.09. The van der Waals surface area contributed by atoms with E-state index in [0.717, 1.165) is 22.7 Å². The van der Waals surface area contributed by atoms with Gasteiger partial charge in [0.15, 0.2) is 0 Å². The van der Waals surface area contributed by atoms with Crippen molar-refractivity contribution in [3.8, 4) is 5.75 Å². The summed E-state index contributed by atoms with van der Waals surface area (Å²) in [6.45, 7) is 6.90. The van der Waals surface area contributed by atoms with E-state index in [9.17, 15) is 4.79 Å². The minimum Gasteiger partial charge on any atom is -0.492 e. The fourth-order valence-electron chi connectivity index (χ4n) is 2.32. The van der Waals surface area contributed by atoms with Gasteiger partial charge >= 0.3 is 5.97 Å². The standard InChI is InChI=1S/C16H19NO3/c1-11-5-4-6-14(9-11)20-8-7-17-12(2)10-15(13(17)3)16(18)19/h4-6,9-10H,7-8H2,1-3H3,(H,18,19). The molecule has 1 heterocycles. The summed E-state index contributed by atoms with van der Waals surface area (Å²) in [5.74, 6) is -0.0464. The Kier molecular flexibility index (Phi) is 4.13. The van der Waals surface area contributed by atoms with Crippen LogP contribution in [0.15, 0.2) is 30.3 Å². The molecule has 0 amide bonds. The van der Waals surface area contributed by atoms with Crippen LogP contribution in [0.4, 0.5) is 0 Å². The normalized spacial score (nSPS) is 10.6. The van der Waals surface area contributed by atoms with Gasteiger partial charge in [-0.15, -0.1) is 0 Å². The SMILES string of the molecule is Cc1cccc(OCCn2c(C)cc(C(=O)O)c2C)c1. The third-order valence-electron chi connectivity index (χ3n) is 3.38. The zero-order chi connectivity index (χ0) is 14.7. The van der Waals surface area contributed by atoms with Gasteiger partial charge in [-0.1, -0.05) is 12.1 Å². The van der Waals surface area contributed by atoms with Gasteiger partial charge < -0.3 is 14.4 Å². The number of carboxylic acid groups (broad SMARTS) is 1. The maximum Gasteiger partial charge on any atom is 0.337 e. The second-order valence-electron chi connectivity index (χ2n) is 4.91. The van der Waals surface area contributed by atoms with Crippen LogP contribution in [0.25, 0.3) is 0 Å². The van der Waals surface area contributed by atoms with Gasteiger partial charge in [-0.2, -0.15) is 0 Å². The maximum absolute atomic E-state index is 11.1. The molecule has 1 aromatic heterocycles. The number of rotatable bonds is 5. The van der Waals surface area contributed by atoms with Crippen LogP contribution in [0, 0.1) is 20.8 Å². The highest BCUT2D eigenvalue weighted by molar-refractivity contribution is 5.89. The van der Waals surface area contributed by atoms with Gasteiger partial charge in [-0.3, -0.25) is 0 Å². The van der Waals surface area contributed by atoms with Crippen LogP contribution in [0.1, 0.15) is 27.3 Å². The van der Waals surface area contributed by atoms with Crippen molar-refractivity contribution < 1.29 is 14.6 Å². The smallest absolute Gasteiger partial charge is 0.337 e. The van der Waals surface area contributed by atoms with Crippen molar-refractivity contribution in [1.29, 1.82) is 0 Å². The van der Waals surface area contributed by atoms with E-state index >= 15 is 0 Å². The number of carboxylic acids is 1. The molecule has 0 aliphatic heterocycles. The van der Waals surface area contributed by atoms with Gasteiger partial charge in [0.25, 0.3) is 0 Å². The van der Waals surface area contributed by atoms with Gasteiger partial charge in [-0.25, -0.2) is 4.79 Å². The third-order valence-corrected chi connectivity index (χ3v) is 3.38. The van der Waals surface area contributed by atoms with Crippen LogP contribution in [-0.4, -0.2) is 22.2 Å². The van der Waals surface area contributed by atoms with E-state index in [2.05, 4.69) is 0 Å². The highest BCUT2D eigenvalue weighted by atomic mass is 16.5. The Morgan fingerprint density at radius 2 is 2.00 bits per heavy atom. The molecule has 2 rings (SSSR count). The van der Waals surface area contributed by atoms with Gasteiger partial charge in [0.1, 0.15) is 12.4 Å². The first kappa shape index (κ1) is 14.2. The lowest BCUT2D eigenvalue weighted by Crippen LogP contribution is -2.11. The fourth-order valence-corrected chi connectivity index (χ4v) is 2.32. The van der Waals surface area contributed by atoms with Crippen molar-refractivity contribution in [3.63, 3.8) is 0 Å². The summed E-state index contributed by atoms with van der Waals surface area (Å²) in [6.07, 6.45) is 0. The Hall–Kier alpha value is -2.23. The van der Waals surface area contributed by atoms with E-state index in [4.69, 9.17) is 9.84 Å². The van der Waals surface area contributed by atoms with E-state index in [1.807, 2.05) is 49.6 Å². The van der Waals surface area contributed by atoms with E-state index < -0.39 is 5.97 Å². The van der Waals surface area contributed by atoms with Gasteiger partial charge in [0.2, 0.25) is 0 Å². The number of aryl methyl sites for hydroxylation is 2. The number of hydrogen-bond acceptors (Lipinski definition) is 2. The number of hydrogen-bond donors (Lipinski definition) is 1. The number of aromatic nitrogens is 1.